The van der Waals surface area contributed by atoms with Gasteiger partial charge in [0, 0.05) is 6.07 Å². The smallest absolute Gasteiger partial charge is 0.344 e. The van der Waals surface area contributed by atoms with E-state index in [1.165, 1.54) is 6.92 Å². The summed E-state index contributed by atoms with van der Waals surface area (Å²) in [5, 5.41) is 10.6. The zero-order chi connectivity index (χ0) is 13.6. The van der Waals surface area contributed by atoms with Gasteiger partial charge in [0.05, 0.1) is 12.0 Å². The predicted octanol–water partition coefficient (Wildman–Crippen LogP) is 2.86. The van der Waals surface area contributed by atoms with E-state index in [9.17, 15) is 19.3 Å². The lowest BCUT2D eigenvalue weighted by molar-refractivity contribution is -0.385. The van der Waals surface area contributed by atoms with Crippen molar-refractivity contribution < 1.29 is 18.8 Å². The van der Waals surface area contributed by atoms with E-state index in [4.69, 9.17) is 0 Å². The maximum absolute atomic E-state index is 13.1. The molecule has 0 aromatic heterocycles. The van der Waals surface area contributed by atoms with Crippen LogP contribution in [0, 0.1) is 22.9 Å². The number of rotatable bonds is 2. The van der Waals surface area contributed by atoms with E-state index in [1.807, 2.05) is 13.8 Å². The second kappa shape index (κ2) is 6.57. The van der Waals surface area contributed by atoms with Crippen LogP contribution in [0.5, 0.6) is 0 Å². The third-order valence-electron chi connectivity index (χ3n) is 1.88. The van der Waals surface area contributed by atoms with Crippen LogP contribution in [0.15, 0.2) is 12.1 Å². The van der Waals surface area contributed by atoms with E-state index < -0.39 is 22.4 Å². The molecule has 0 atom stereocenters. The maximum Gasteiger partial charge on any atom is 0.344 e. The van der Waals surface area contributed by atoms with Crippen molar-refractivity contribution >= 4 is 11.7 Å². The third kappa shape index (κ3) is 3.51. The van der Waals surface area contributed by atoms with Crippen molar-refractivity contribution in [1.29, 1.82) is 0 Å². The lowest BCUT2D eigenvalue weighted by Crippen LogP contribution is -2.07. The van der Waals surface area contributed by atoms with Gasteiger partial charge in [-0.2, -0.15) is 0 Å². The molecule has 0 aliphatic rings. The zero-order valence-electron chi connectivity index (χ0n) is 10.1. The summed E-state index contributed by atoms with van der Waals surface area (Å²) in [6.45, 7) is 5.38. The number of nitro benzene ring substituents is 1. The van der Waals surface area contributed by atoms with E-state index in [0.29, 0.717) is 0 Å². The third-order valence-corrected chi connectivity index (χ3v) is 1.88. The summed E-state index contributed by atoms with van der Waals surface area (Å²) in [6, 6.07) is 1.81. The number of halogens is 1. The Morgan fingerprint density at radius 1 is 1.41 bits per heavy atom. The normalized spacial score (nSPS) is 9.00. The molecule has 0 amide bonds. The molecule has 0 saturated carbocycles. The van der Waals surface area contributed by atoms with Gasteiger partial charge in [0.1, 0.15) is 11.4 Å². The topological polar surface area (TPSA) is 69.4 Å². The van der Waals surface area contributed by atoms with Crippen LogP contribution in [-0.4, -0.2) is 18.0 Å². The number of nitrogens with zero attached hydrogens (tertiary/aromatic N) is 1. The number of carbonyl (C=O) groups excluding carboxylic acids is 1. The molecule has 1 rings (SSSR count). The van der Waals surface area contributed by atoms with E-state index >= 15 is 0 Å². The number of benzene rings is 1. The van der Waals surface area contributed by atoms with Crippen LogP contribution in [0.1, 0.15) is 29.8 Å². The minimum Gasteiger partial charge on any atom is -0.465 e. The highest BCUT2D eigenvalue weighted by Gasteiger charge is 2.22. The van der Waals surface area contributed by atoms with Gasteiger partial charge in [-0.15, -0.1) is 0 Å². The van der Waals surface area contributed by atoms with Crippen LogP contribution in [0.2, 0.25) is 0 Å². The summed E-state index contributed by atoms with van der Waals surface area (Å²) in [4.78, 5) is 20.9. The van der Waals surface area contributed by atoms with Gasteiger partial charge < -0.3 is 4.74 Å². The van der Waals surface area contributed by atoms with Crippen molar-refractivity contribution in [3.05, 3.63) is 39.2 Å². The van der Waals surface area contributed by atoms with Crippen LogP contribution in [0.25, 0.3) is 0 Å². The van der Waals surface area contributed by atoms with Crippen LogP contribution >= 0.6 is 0 Å². The zero-order valence-corrected chi connectivity index (χ0v) is 10.1. The Balaban J connectivity index is 0.00000121. The number of hydrogen-bond donors (Lipinski definition) is 0. The van der Waals surface area contributed by atoms with E-state index in [1.54, 1.807) is 0 Å². The van der Waals surface area contributed by atoms with E-state index in [-0.39, 0.29) is 11.1 Å². The monoisotopic (exact) mass is 243 g/mol. The van der Waals surface area contributed by atoms with E-state index in [0.717, 1.165) is 19.2 Å². The molecule has 6 heteroatoms. The number of hydrogen-bond acceptors (Lipinski definition) is 4. The van der Waals surface area contributed by atoms with Gasteiger partial charge >= 0.3 is 5.97 Å². The molecule has 1 aromatic rings. The van der Waals surface area contributed by atoms with Crippen LogP contribution in [0.4, 0.5) is 10.1 Å². The molecular formula is C11H14FNO4. The molecule has 0 bridgehead atoms. The summed E-state index contributed by atoms with van der Waals surface area (Å²) < 4.78 is 17.4. The summed E-state index contributed by atoms with van der Waals surface area (Å²) in [5.41, 5.74) is -0.735. The average Bonchev–Trinajstić information content (AvgIpc) is 2.33. The molecule has 94 valence electrons. The SMILES string of the molecule is CC.COC(=O)c1cc(F)c(C)cc1[N+](=O)[O-]. The van der Waals surface area contributed by atoms with Gasteiger partial charge in [0.15, 0.2) is 0 Å². The van der Waals surface area contributed by atoms with Crippen LogP contribution in [-0.2, 0) is 4.74 Å². The number of aryl methyl sites for hydroxylation is 1. The van der Waals surface area contributed by atoms with Crippen LogP contribution < -0.4 is 0 Å². The number of esters is 1. The number of nitro groups is 1. The highest BCUT2D eigenvalue weighted by molar-refractivity contribution is 5.93. The highest BCUT2D eigenvalue weighted by atomic mass is 19.1. The van der Waals surface area contributed by atoms with Gasteiger partial charge in [0.25, 0.3) is 5.69 Å². The Bertz CT molecular complexity index is 432. The second-order valence-corrected chi connectivity index (χ2v) is 2.87. The molecule has 0 aliphatic carbocycles. The van der Waals surface area contributed by atoms with Gasteiger partial charge in [-0.25, -0.2) is 9.18 Å². The Kier molecular flexibility index (Phi) is 5.80. The molecule has 17 heavy (non-hydrogen) atoms. The summed E-state index contributed by atoms with van der Waals surface area (Å²) in [7, 11) is 1.07. The molecule has 5 nitrogen and oxygen atoms in total. The first-order valence-electron chi connectivity index (χ1n) is 5.00. The molecule has 0 N–H and O–H groups in total. The first-order chi connectivity index (χ1) is 7.97. The van der Waals surface area contributed by atoms with Gasteiger partial charge in [-0.1, -0.05) is 13.8 Å². The van der Waals surface area contributed by atoms with Gasteiger partial charge in [0.2, 0.25) is 0 Å². The maximum atomic E-state index is 13.1. The van der Waals surface area contributed by atoms with Crippen molar-refractivity contribution in [2.45, 2.75) is 20.8 Å². The minimum absolute atomic E-state index is 0.106. The van der Waals surface area contributed by atoms with Crippen molar-refractivity contribution in [3.63, 3.8) is 0 Å². The number of carbonyl (C=O) groups is 1. The fourth-order valence-corrected chi connectivity index (χ4v) is 1.09. The number of ether oxygens (including phenoxy) is 1. The van der Waals surface area contributed by atoms with Crippen LogP contribution in [0.3, 0.4) is 0 Å². The second-order valence-electron chi connectivity index (χ2n) is 2.87. The lowest BCUT2D eigenvalue weighted by atomic mass is 10.1. The first-order valence-corrected chi connectivity index (χ1v) is 5.00. The Labute approximate surface area is 98.4 Å². The van der Waals surface area contributed by atoms with Crippen molar-refractivity contribution in [3.8, 4) is 0 Å². The summed E-state index contributed by atoms with van der Waals surface area (Å²) in [5.74, 6) is -1.61. The predicted molar refractivity (Wildman–Crippen MR) is 60.5 cm³/mol. The summed E-state index contributed by atoms with van der Waals surface area (Å²) in [6.07, 6.45) is 0. The summed E-state index contributed by atoms with van der Waals surface area (Å²) >= 11 is 0. The molecule has 0 radical (unpaired) electrons. The Hall–Kier alpha value is -1.98. The average molecular weight is 243 g/mol. The Morgan fingerprint density at radius 2 is 1.94 bits per heavy atom. The largest absolute Gasteiger partial charge is 0.465 e. The van der Waals surface area contributed by atoms with Crippen molar-refractivity contribution in [2.75, 3.05) is 7.11 Å². The molecular weight excluding hydrogens is 229 g/mol. The molecule has 1 aromatic carbocycles. The first kappa shape index (κ1) is 15.0. The standard InChI is InChI=1S/C9H8FNO4.C2H6/c1-5-3-8(11(13)14)6(4-7(5)10)9(12)15-2;1-2/h3-4H,1-2H3;1-2H3. The number of methoxy groups -OCH3 is 1. The van der Waals surface area contributed by atoms with Gasteiger partial charge in [-0.3, -0.25) is 10.1 Å². The van der Waals surface area contributed by atoms with Crippen molar-refractivity contribution in [1.82, 2.24) is 0 Å². The van der Waals surface area contributed by atoms with Crippen molar-refractivity contribution in [2.24, 2.45) is 0 Å². The van der Waals surface area contributed by atoms with E-state index in [2.05, 4.69) is 4.74 Å². The molecule has 0 saturated heterocycles. The molecule has 0 heterocycles. The lowest BCUT2D eigenvalue weighted by Gasteiger charge is -2.02. The molecule has 0 fully saturated rings. The molecule has 0 spiro atoms. The quantitative estimate of drug-likeness (QED) is 0.455. The molecule has 0 aliphatic heterocycles. The minimum atomic E-state index is -0.930. The van der Waals surface area contributed by atoms with Gasteiger partial charge in [-0.05, 0) is 18.6 Å². The molecule has 0 unspecified atom stereocenters. The fraction of sp³-hybridized carbons (Fsp3) is 0.364. The highest BCUT2D eigenvalue weighted by Crippen LogP contribution is 2.23. The Morgan fingerprint density at radius 3 is 2.35 bits per heavy atom. The fourth-order valence-electron chi connectivity index (χ4n) is 1.09.